The number of nitrogens with zero attached hydrogens (tertiary/aromatic N) is 4. The summed E-state index contributed by atoms with van der Waals surface area (Å²) in [5.74, 6) is -0.725. The Morgan fingerprint density at radius 3 is 2.67 bits per heavy atom. The molecule has 1 N–H and O–H groups in total. The molecule has 2 amide bonds. The minimum absolute atomic E-state index is 0.0241. The third-order valence-electron chi connectivity index (χ3n) is 4.61. The highest BCUT2D eigenvalue weighted by molar-refractivity contribution is 5.98. The average molecular weight is 369 g/mol. The maximum atomic E-state index is 13.2. The van der Waals surface area contributed by atoms with E-state index >= 15 is 0 Å². The van der Waals surface area contributed by atoms with Gasteiger partial charge in [0.25, 0.3) is 5.91 Å². The second-order valence-corrected chi connectivity index (χ2v) is 6.85. The van der Waals surface area contributed by atoms with E-state index in [9.17, 15) is 14.4 Å². The number of piperidine rings is 1. The summed E-state index contributed by atoms with van der Waals surface area (Å²) in [5.41, 5.74) is 2.08. The minimum atomic E-state index is -0.307. The molecule has 0 bridgehead atoms. The highest BCUT2D eigenvalue weighted by Gasteiger charge is 2.30. The topological polar surface area (TPSA) is 97.2 Å². The molecule has 0 aliphatic carbocycles. The Labute approximate surface area is 157 Å². The highest BCUT2D eigenvalue weighted by atomic mass is 16.2. The van der Waals surface area contributed by atoms with Crippen molar-refractivity contribution < 1.29 is 14.4 Å². The molecule has 2 heterocycles. The first kappa shape index (κ1) is 18.8. The van der Waals surface area contributed by atoms with Crippen LogP contribution in [0.2, 0.25) is 0 Å². The van der Waals surface area contributed by atoms with Crippen LogP contribution in [0.3, 0.4) is 0 Å². The summed E-state index contributed by atoms with van der Waals surface area (Å²) in [6.07, 6.45) is 4.56. The number of Topliss-reactive ketones (excluding diaryl/α,β-unsaturated/α-hetero) is 1. The quantitative estimate of drug-likeness (QED) is 0.852. The van der Waals surface area contributed by atoms with E-state index in [0.29, 0.717) is 30.8 Å². The van der Waals surface area contributed by atoms with Gasteiger partial charge in [-0.1, -0.05) is 11.6 Å². The second kappa shape index (κ2) is 8.11. The molecule has 0 saturated carbocycles. The van der Waals surface area contributed by atoms with Crippen molar-refractivity contribution in [3.8, 4) is 5.69 Å². The molecule has 1 unspecified atom stereocenters. The smallest absolute Gasteiger partial charge is 0.256 e. The van der Waals surface area contributed by atoms with Crippen LogP contribution in [0.25, 0.3) is 5.69 Å². The molecule has 142 valence electrons. The lowest BCUT2D eigenvalue weighted by atomic mass is 9.96. The van der Waals surface area contributed by atoms with E-state index in [0.717, 1.165) is 12.0 Å². The standard InChI is InChI=1S/C19H23N5O3/c1-13-5-6-17(24-21-7-8-22-24)16(10-13)19(27)23-9-3-4-15(12-23)18(26)20-11-14(2)25/h5-8,10,15H,3-4,9,11-12H2,1-2H3,(H,20,26). The van der Waals surface area contributed by atoms with Crippen LogP contribution in [0.1, 0.15) is 35.7 Å². The van der Waals surface area contributed by atoms with Crippen molar-refractivity contribution >= 4 is 17.6 Å². The molecule has 27 heavy (non-hydrogen) atoms. The number of aryl methyl sites for hydroxylation is 1. The van der Waals surface area contributed by atoms with Crippen LogP contribution in [-0.4, -0.2) is 57.1 Å². The molecular weight excluding hydrogens is 346 g/mol. The maximum absolute atomic E-state index is 13.2. The van der Waals surface area contributed by atoms with E-state index in [2.05, 4.69) is 15.5 Å². The zero-order valence-electron chi connectivity index (χ0n) is 15.5. The molecule has 8 heteroatoms. The fraction of sp³-hybridized carbons (Fsp3) is 0.421. The number of hydrogen-bond donors (Lipinski definition) is 1. The van der Waals surface area contributed by atoms with Gasteiger partial charge in [-0.05, 0) is 38.8 Å². The van der Waals surface area contributed by atoms with Gasteiger partial charge in [0, 0.05) is 13.1 Å². The molecule has 1 saturated heterocycles. The summed E-state index contributed by atoms with van der Waals surface area (Å²) < 4.78 is 0. The van der Waals surface area contributed by atoms with Gasteiger partial charge in [0.2, 0.25) is 5.91 Å². The van der Waals surface area contributed by atoms with Crippen LogP contribution in [0.15, 0.2) is 30.6 Å². The zero-order valence-corrected chi connectivity index (χ0v) is 15.5. The summed E-state index contributed by atoms with van der Waals surface area (Å²) in [6.45, 7) is 4.30. The lowest BCUT2D eigenvalue weighted by Gasteiger charge is -2.32. The SMILES string of the molecule is CC(=O)CNC(=O)C1CCCN(C(=O)c2cc(C)ccc2-n2nccn2)C1. The molecule has 1 aromatic heterocycles. The summed E-state index contributed by atoms with van der Waals surface area (Å²) in [7, 11) is 0. The van der Waals surface area contributed by atoms with Crippen LogP contribution in [-0.2, 0) is 9.59 Å². The first-order chi connectivity index (χ1) is 13.0. The predicted octanol–water partition coefficient (Wildman–Crippen LogP) is 1.13. The third-order valence-corrected chi connectivity index (χ3v) is 4.61. The van der Waals surface area contributed by atoms with Gasteiger partial charge >= 0.3 is 0 Å². The second-order valence-electron chi connectivity index (χ2n) is 6.85. The van der Waals surface area contributed by atoms with Gasteiger partial charge < -0.3 is 10.2 Å². The Balaban J connectivity index is 1.79. The zero-order chi connectivity index (χ0) is 19.4. The van der Waals surface area contributed by atoms with E-state index in [1.807, 2.05) is 25.1 Å². The largest absolute Gasteiger partial charge is 0.349 e. The van der Waals surface area contributed by atoms with Gasteiger partial charge in [0.05, 0.1) is 36.1 Å². The number of carbonyl (C=O) groups excluding carboxylic acids is 3. The Bertz CT molecular complexity index is 847. The van der Waals surface area contributed by atoms with Gasteiger partial charge in [-0.2, -0.15) is 15.0 Å². The molecule has 1 aliphatic rings. The maximum Gasteiger partial charge on any atom is 0.256 e. The number of benzene rings is 1. The summed E-state index contributed by atoms with van der Waals surface area (Å²) >= 11 is 0. The Hall–Kier alpha value is -3.03. The molecule has 1 atom stereocenters. The van der Waals surface area contributed by atoms with Crippen molar-refractivity contribution in [1.29, 1.82) is 0 Å². The summed E-state index contributed by atoms with van der Waals surface area (Å²) in [6, 6.07) is 5.55. The number of aromatic nitrogens is 3. The van der Waals surface area contributed by atoms with Gasteiger partial charge in [0.1, 0.15) is 5.78 Å². The normalized spacial score (nSPS) is 16.8. The molecule has 3 rings (SSSR count). The summed E-state index contributed by atoms with van der Waals surface area (Å²) in [5, 5.41) is 10.9. The number of carbonyl (C=O) groups is 3. The van der Waals surface area contributed by atoms with Gasteiger partial charge in [-0.25, -0.2) is 0 Å². The predicted molar refractivity (Wildman–Crippen MR) is 98.4 cm³/mol. The third kappa shape index (κ3) is 4.39. The molecule has 0 spiro atoms. The lowest BCUT2D eigenvalue weighted by Crippen LogP contribution is -2.46. The van der Waals surface area contributed by atoms with Crippen LogP contribution in [0.5, 0.6) is 0 Å². The number of nitrogens with one attached hydrogen (secondary N) is 1. The van der Waals surface area contributed by atoms with Crippen molar-refractivity contribution in [2.45, 2.75) is 26.7 Å². The Morgan fingerprint density at radius 2 is 1.96 bits per heavy atom. The van der Waals surface area contributed by atoms with E-state index in [1.165, 1.54) is 11.7 Å². The van der Waals surface area contributed by atoms with E-state index < -0.39 is 0 Å². The average Bonchev–Trinajstić information content (AvgIpc) is 3.20. The molecule has 1 aromatic carbocycles. The number of ketones is 1. The molecule has 8 nitrogen and oxygen atoms in total. The van der Waals surface area contributed by atoms with Crippen molar-refractivity contribution in [3.05, 3.63) is 41.7 Å². The van der Waals surface area contributed by atoms with E-state index in [4.69, 9.17) is 0 Å². The van der Waals surface area contributed by atoms with E-state index in [1.54, 1.807) is 17.3 Å². The molecule has 2 aromatic rings. The van der Waals surface area contributed by atoms with Gasteiger partial charge in [-0.15, -0.1) is 0 Å². The Kier molecular flexibility index (Phi) is 5.63. The number of hydrogen-bond acceptors (Lipinski definition) is 5. The van der Waals surface area contributed by atoms with Gasteiger partial charge in [0.15, 0.2) is 0 Å². The molecule has 1 fully saturated rings. The van der Waals surface area contributed by atoms with Gasteiger partial charge in [-0.3, -0.25) is 14.4 Å². The number of likely N-dealkylation sites (tertiary alicyclic amines) is 1. The highest BCUT2D eigenvalue weighted by Crippen LogP contribution is 2.22. The number of rotatable bonds is 5. The monoisotopic (exact) mass is 369 g/mol. The van der Waals surface area contributed by atoms with E-state index in [-0.39, 0.29) is 30.1 Å². The summed E-state index contributed by atoms with van der Waals surface area (Å²) in [4.78, 5) is 39.7. The minimum Gasteiger partial charge on any atom is -0.349 e. The van der Waals surface area contributed by atoms with Crippen molar-refractivity contribution in [2.24, 2.45) is 5.92 Å². The van der Waals surface area contributed by atoms with Crippen LogP contribution in [0.4, 0.5) is 0 Å². The lowest BCUT2D eigenvalue weighted by molar-refractivity contribution is -0.128. The van der Waals surface area contributed by atoms with Crippen LogP contribution < -0.4 is 5.32 Å². The molecular formula is C19H23N5O3. The fourth-order valence-corrected chi connectivity index (χ4v) is 3.24. The van der Waals surface area contributed by atoms with Crippen molar-refractivity contribution in [3.63, 3.8) is 0 Å². The fourth-order valence-electron chi connectivity index (χ4n) is 3.24. The van der Waals surface area contributed by atoms with Crippen LogP contribution in [0, 0.1) is 12.8 Å². The van der Waals surface area contributed by atoms with Crippen LogP contribution >= 0.6 is 0 Å². The first-order valence-corrected chi connectivity index (χ1v) is 8.99. The Morgan fingerprint density at radius 1 is 1.22 bits per heavy atom. The molecule has 0 radical (unpaired) electrons. The first-order valence-electron chi connectivity index (χ1n) is 8.99. The number of amides is 2. The van der Waals surface area contributed by atoms with Crippen molar-refractivity contribution in [1.82, 2.24) is 25.2 Å². The van der Waals surface area contributed by atoms with Crippen molar-refractivity contribution in [2.75, 3.05) is 19.6 Å². The molecule has 1 aliphatic heterocycles.